The molecule has 0 N–H and O–H groups in total. The van der Waals surface area contributed by atoms with Crippen molar-refractivity contribution in [1.29, 1.82) is 0 Å². The Morgan fingerprint density at radius 1 is 1.14 bits per heavy atom. The van der Waals surface area contributed by atoms with E-state index in [2.05, 4.69) is 20.8 Å². The maximum Gasteiger partial charge on any atom is 0.0920 e. The maximum atomic E-state index is 6.34. The van der Waals surface area contributed by atoms with E-state index in [1.807, 2.05) is 18.2 Å². The second-order valence-electron chi connectivity index (χ2n) is 6.14. The van der Waals surface area contributed by atoms with Gasteiger partial charge in [-0.15, -0.1) is 0 Å². The van der Waals surface area contributed by atoms with Gasteiger partial charge in [0, 0.05) is 15.6 Å². The second-order valence-corrected chi connectivity index (χ2v) is 6.95. The molecule has 0 aliphatic carbocycles. The van der Waals surface area contributed by atoms with E-state index in [0.717, 1.165) is 31.2 Å². The van der Waals surface area contributed by atoms with Crippen LogP contribution in [0.3, 0.4) is 0 Å². The van der Waals surface area contributed by atoms with Crippen molar-refractivity contribution in [3.8, 4) is 0 Å². The molecule has 1 heterocycles. The van der Waals surface area contributed by atoms with Crippen LogP contribution in [0.1, 0.15) is 52.0 Å². The Morgan fingerprint density at radius 2 is 1.81 bits per heavy atom. The van der Waals surface area contributed by atoms with E-state index in [1.165, 1.54) is 0 Å². The standard InChI is InChI=1S/C17H24Cl2O2/c1-4-16(3)9-10-17(5-2,21-16)12-20-11-13-14(18)7-6-8-15(13)19/h6-8H,4-5,9-12H2,1-3H3. The Hall–Kier alpha value is -0.280. The van der Waals surface area contributed by atoms with Crippen LogP contribution in [0.25, 0.3) is 0 Å². The minimum absolute atomic E-state index is 0.0125. The van der Waals surface area contributed by atoms with E-state index in [4.69, 9.17) is 32.7 Å². The molecule has 2 rings (SSSR count). The summed E-state index contributed by atoms with van der Waals surface area (Å²) in [6.45, 7) is 7.53. The number of halogens is 2. The van der Waals surface area contributed by atoms with Crippen LogP contribution in [-0.2, 0) is 16.1 Å². The zero-order valence-corrected chi connectivity index (χ0v) is 14.6. The molecule has 4 heteroatoms. The predicted molar refractivity (Wildman–Crippen MR) is 88.2 cm³/mol. The molecule has 0 spiro atoms. The minimum Gasteiger partial charge on any atom is -0.374 e. The van der Waals surface area contributed by atoms with Crippen molar-refractivity contribution in [3.63, 3.8) is 0 Å². The van der Waals surface area contributed by atoms with Crippen molar-refractivity contribution >= 4 is 23.2 Å². The van der Waals surface area contributed by atoms with Crippen LogP contribution >= 0.6 is 23.2 Å². The first-order chi connectivity index (χ1) is 9.94. The molecule has 0 bridgehead atoms. The average molecular weight is 331 g/mol. The third-order valence-corrected chi connectivity index (χ3v) is 5.35. The average Bonchev–Trinajstić information content (AvgIpc) is 2.81. The summed E-state index contributed by atoms with van der Waals surface area (Å²) in [5.74, 6) is 0. The Morgan fingerprint density at radius 3 is 2.33 bits per heavy atom. The Kier molecular flexibility index (Phi) is 5.59. The van der Waals surface area contributed by atoms with Gasteiger partial charge in [-0.3, -0.25) is 0 Å². The molecular weight excluding hydrogens is 307 g/mol. The molecule has 0 radical (unpaired) electrons. The van der Waals surface area contributed by atoms with Gasteiger partial charge in [0.2, 0.25) is 0 Å². The van der Waals surface area contributed by atoms with Crippen LogP contribution in [-0.4, -0.2) is 17.8 Å². The van der Waals surface area contributed by atoms with Gasteiger partial charge in [0.15, 0.2) is 0 Å². The summed E-state index contributed by atoms with van der Waals surface area (Å²) in [5, 5.41) is 1.30. The first-order valence-electron chi connectivity index (χ1n) is 7.64. The SMILES string of the molecule is CCC1(C)CCC(CC)(COCc2c(Cl)cccc2Cl)O1. The molecule has 2 unspecified atom stereocenters. The van der Waals surface area contributed by atoms with Gasteiger partial charge >= 0.3 is 0 Å². The molecule has 0 aromatic heterocycles. The number of rotatable bonds is 6. The number of ether oxygens (including phenoxy) is 2. The monoisotopic (exact) mass is 330 g/mol. The molecule has 1 aromatic rings. The van der Waals surface area contributed by atoms with Gasteiger partial charge in [0.1, 0.15) is 0 Å². The smallest absolute Gasteiger partial charge is 0.0920 e. The second kappa shape index (κ2) is 6.87. The Labute approximate surface area is 137 Å². The zero-order chi connectivity index (χ0) is 15.5. The van der Waals surface area contributed by atoms with Crippen molar-refractivity contribution in [2.45, 2.75) is 64.3 Å². The summed E-state index contributed by atoms with van der Waals surface area (Å²) in [6.07, 6.45) is 4.13. The van der Waals surface area contributed by atoms with Gasteiger partial charge in [-0.05, 0) is 44.7 Å². The summed E-state index contributed by atoms with van der Waals surface area (Å²) in [6, 6.07) is 5.51. The van der Waals surface area contributed by atoms with E-state index in [9.17, 15) is 0 Å². The molecule has 2 nitrogen and oxygen atoms in total. The third kappa shape index (κ3) is 3.92. The van der Waals surface area contributed by atoms with E-state index in [0.29, 0.717) is 23.3 Å². The summed E-state index contributed by atoms with van der Waals surface area (Å²) in [5.41, 5.74) is 0.670. The Bertz CT molecular complexity index is 471. The number of hydrogen-bond acceptors (Lipinski definition) is 2. The molecule has 1 aliphatic rings. The van der Waals surface area contributed by atoms with E-state index in [1.54, 1.807) is 0 Å². The zero-order valence-electron chi connectivity index (χ0n) is 13.0. The van der Waals surface area contributed by atoms with Gasteiger partial charge in [-0.2, -0.15) is 0 Å². The fourth-order valence-electron chi connectivity index (χ4n) is 2.83. The molecule has 2 atom stereocenters. The van der Waals surface area contributed by atoms with Crippen LogP contribution in [0.15, 0.2) is 18.2 Å². The fraction of sp³-hybridized carbons (Fsp3) is 0.647. The number of hydrogen-bond donors (Lipinski definition) is 0. The van der Waals surface area contributed by atoms with E-state index >= 15 is 0 Å². The highest BCUT2D eigenvalue weighted by molar-refractivity contribution is 6.35. The summed E-state index contributed by atoms with van der Waals surface area (Å²) < 4.78 is 12.2. The molecule has 1 aromatic carbocycles. The maximum absolute atomic E-state index is 6.34. The first-order valence-corrected chi connectivity index (χ1v) is 8.40. The lowest BCUT2D eigenvalue weighted by Gasteiger charge is -2.32. The normalized spacial score (nSPS) is 29.0. The molecule has 1 aliphatic heterocycles. The van der Waals surface area contributed by atoms with Crippen molar-refractivity contribution in [2.24, 2.45) is 0 Å². The van der Waals surface area contributed by atoms with Gasteiger partial charge in [-0.25, -0.2) is 0 Å². The molecule has 21 heavy (non-hydrogen) atoms. The van der Waals surface area contributed by atoms with Crippen molar-refractivity contribution < 1.29 is 9.47 Å². The Balaban J connectivity index is 1.96. The summed E-state index contributed by atoms with van der Waals surface area (Å²) >= 11 is 12.3. The molecule has 0 amide bonds. The molecule has 1 saturated heterocycles. The van der Waals surface area contributed by atoms with Crippen molar-refractivity contribution in [2.75, 3.05) is 6.61 Å². The summed E-state index contributed by atoms with van der Waals surface area (Å²) in [4.78, 5) is 0. The highest BCUT2D eigenvalue weighted by atomic mass is 35.5. The van der Waals surface area contributed by atoms with Crippen LogP contribution in [0.2, 0.25) is 10.0 Å². The van der Waals surface area contributed by atoms with Crippen LogP contribution < -0.4 is 0 Å². The van der Waals surface area contributed by atoms with Gasteiger partial charge < -0.3 is 9.47 Å². The number of benzene rings is 1. The van der Waals surface area contributed by atoms with Crippen molar-refractivity contribution in [3.05, 3.63) is 33.8 Å². The quantitative estimate of drug-likeness (QED) is 0.672. The lowest BCUT2D eigenvalue weighted by atomic mass is 9.94. The molecule has 118 valence electrons. The van der Waals surface area contributed by atoms with E-state index < -0.39 is 0 Å². The van der Waals surface area contributed by atoms with Gasteiger partial charge in [0.25, 0.3) is 0 Å². The molecule has 1 fully saturated rings. The van der Waals surface area contributed by atoms with Crippen LogP contribution in [0, 0.1) is 0 Å². The molecular formula is C17H24Cl2O2. The fourth-order valence-corrected chi connectivity index (χ4v) is 3.33. The lowest BCUT2D eigenvalue weighted by Crippen LogP contribution is -2.37. The summed E-state index contributed by atoms with van der Waals surface area (Å²) in [7, 11) is 0. The minimum atomic E-state index is -0.168. The molecule has 0 saturated carbocycles. The van der Waals surface area contributed by atoms with Crippen LogP contribution in [0.4, 0.5) is 0 Å². The van der Waals surface area contributed by atoms with Gasteiger partial charge in [-0.1, -0.05) is 43.1 Å². The predicted octanol–water partition coefficient (Wildman–Crippen LogP) is 5.64. The highest BCUT2D eigenvalue weighted by Crippen LogP contribution is 2.42. The van der Waals surface area contributed by atoms with E-state index in [-0.39, 0.29) is 11.2 Å². The lowest BCUT2D eigenvalue weighted by molar-refractivity contribution is -0.134. The topological polar surface area (TPSA) is 18.5 Å². The first kappa shape index (κ1) is 17.1. The van der Waals surface area contributed by atoms with Crippen molar-refractivity contribution in [1.82, 2.24) is 0 Å². The van der Waals surface area contributed by atoms with Gasteiger partial charge in [0.05, 0.1) is 24.4 Å². The third-order valence-electron chi connectivity index (χ3n) is 4.64. The largest absolute Gasteiger partial charge is 0.374 e. The van der Waals surface area contributed by atoms with Crippen LogP contribution in [0.5, 0.6) is 0 Å². The highest BCUT2D eigenvalue weighted by Gasteiger charge is 2.44.